The molecule has 0 bridgehead atoms. The van der Waals surface area contributed by atoms with Gasteiger partial charge in [-0.05, 0) is 17.4 Å². The van der Waals surface area contributed by atoms with Crippen LogP contribution in [-0.2, 0) is 22.6 Å². The van der Waals surface area contributed by atoms with Crippen LogP contribution in [0.5, 0.6) is 0 Å². The first-order valence-electron chi connectivity index (χ1n) is 6.00. The lowest BCUT2D eigenvalue weighted by atomic mass is 10.4. The molecule has 0 aliphatic carbocycles. The summed E-state index contributed by atoms with van der Waals surface area (Å²) in [6.45, 7) is 5.00. The molecule has 1 aliphatic rings. The van der Waals surface area contributed by atoms with Gasteiger partial charge in [-0.25, -0.2) is 4.68 Å². The van der Waals surface area contributed by atoms with Crippen molar-refractivity contribution in [2.75, 3.05) is 31.2 Å². The third kappa shape index (κ3) is 3.67. The van der Waals surface area contributed by atoms with Crippen LogP contribution in [0.25, 0.3) is 0 Å². The Labute approximate surface area is 110 Å². The van der Waals surface area contributed by atoms with E-state index in [1.165, 1.54) is 4.68 Å². The van der Waals surface area contributed by atoms with E-state index in [4.69, 9.17) is 4.74 Å². The van der Waals surface area contributed by atoms with Crippen molar-refractivity contribution in [1.29, 1.82) is 0 Å². The van der Waals surface area contributed by atoms with Crippen LogP contribution < -0.4 is 0 Å². The summed E-state index contributed by atoms with van der Waals surface area (Å²) in [5.74, 6) is 2.69. The molecule has 1 fully saturated rings. The third-order valence-corrected chi connectivity index (χ3v) is 3.60. The normalized spacial score (nSPS) is 16.7. The summed E-state index contributed by atoms with van der Waals surface area (Å²) in [7, 11) is 0. The Morgan fingerprint density at radius 1 is 1.44 bits per heavy atom. The molecule has 2 heterocycles. The van der Waals surface area contributed by atoms with E-state index in [-0.39, 0.29) is 12.5 Å². The number of tetrazole rings is 1. The Kier molecular flexibility index (Phi) is 4.94. The van der Waals surface area contributed by atoms with Gasteiger partial charge < -0.3 is 4.74 Å². The zero-order valence-corrected chi connectivity index (χ0v) is 11.2. The van der Waals surface area contributed by atoms with Gasteiger partial charge in [-0.15, -0.1) is 5.10 Å². The van der Waals surface area contributed by atoms with Crippen LogP contribution in [0.1, 0.15) is 12.7 Å². The van der Waals surface area contributed by atoms with Crippen LogP contribution in [0.3, 0.4) is 0 Å². The molecule has 0 N–H and O–H groups in total. The SMILES string of the molecule is CCOC(=O)Cn1nnnc1CN1CCSCC1. The molecule has 18 heavy (non-hydrogen) atoms. The molecule has 1 saturated heterocycles. The minimum atomic E-state index is -0.305. The molecule has 7 nitrogen and oxygen atoms in total. The van der Waals surface area contributed by atoms with Crippen LogP contribution in [0, 0.1) is 0 Å². The van der Waals surface area contributed by atoms with Crippen molar-refractivity contribution < 1.29 is 9.53 Å². The van der Waals surface area contributed by atoms with Crippen LogP contribution >= 0.6 is 11.8 Å². The maximum absolute atomic E-state index is 11.4. The standard InChI is InChI=1S/C10H17N5O2S/c1-2-17-10(16)8-15-9(11-12-13-15)7-14-3-5-18-6-4-14/h2-8H2,1H3. The number of rotatable bonds is 5. The molecular weight excluding hydrogens is 254 g/mol. The van der Waals surface area contributed by atoms with Gasteiger partial charge in [0.1, 0.15) is 6.54 Å². The fourth-order valence-electron chi connectivity index (χ4n) is 1.75. The van der Waals surface area contributed by atoms with E-state index >= 15 is 0 Å². The molecule has 0 atom stereocenters. The maximum Gasteiger partial charge on any atom is 0.327 e. The molecule has 8 heteroatoms. The first kappa shape index (κ1) is 13.3. The zero-order valence-electron chi connectivity index (χ0n) is 10.4. The number of carbonyl (C=O) groups excluding carboxylic acids is 1. The monoisotopic (exact) mass is 271 g/mol. The quantitative estimate of drug-likeness (QED) is 0.686. The van der Waals surface area contributed by atoms with Crippen molar-refractivity contribution in [3.05, 3.63) is 5.82 Å². The molecule has 1 aromatic heterocycles. The van der Waals surface area contributed by atoms with E-state index in [0.717, 1.165) is 30.4 Å². The number of aromatic nitrogens is 4. The summed E-state index contributed by atoms with van der Waals surface area (Å²) in [5, 5.41) is 11.4. The largest absolute Gasteiger partial charge is 0.465 e. The number of hydrogen-bond acceptors (Lipinski definition) is 7. The predicted molar refractivity (Wildman–Crippen MR) is 67.1 cm³/mol. The average molecular weight is 271 g/mol. The highest BCUT2D eigenvalue weighted by atomic mass is 32.2. The van der Waals surface area contributed by atoms with E-state index < -0.39 is 0 Å². The molecular formula is C10H17N5O2S. The Morgan fingerprint density at radius 3 is 2.94 bits per heavy atom. The molecule has 0 spiro atoms. The molecule has 0 amide bonds. The summed E-state index contributed by atoms with van der Waals surface area (Å²) in [6, 6.07) is 0. The van der Waals surface area contributed by atoms with E-state index in [0.29, 0.717) is 13.2 Å². The van der Waals surface area contributed by atoms with Crippen LogP contribution in [0.15, 0.2) is 0 Å². The van der Waals surface area contributed by atoms with E-state index in [2.05, 4.69) is 20.4 Å². The number of carbonyl (C=O) groups is 1. The van der Waals surface area contributed by atoms with Crippen LogP contribution in [0.4, 0.5) is 0 Å². The molecule has 2 rings (SSSR count). The van der Waals surface area contributed by atoms with E-state index in [9.17, 15) is 4.79 Å². The smallest absolute Gasteiger partial charge is 0.327 e. The first-order chi connectivity index (χ1) is 8.79. The molecule has 0 saturated carbocycles. The topological polar surface area (TPSA) is 73.1 Å². The van der Waals surface area contributed by atoms with Crippen molar-refractivity contribution in [1.82, 2.24) is 25.1 Å². The summed E-state index contributed by atoms with van der Waals surface area (Å²) in [5.41, 5.74) is 0. The highest BCUT2D eigenvalue weighted by Crippen LogP contribution is 2.11. The second-order valence-electron chi connectivity index (χ2n) is 3.95. The highest BCUT2D eigenvalue weighted by molar-refractivity contribution is 7.99. The van der Waals surface area contributed by atoms with Crippen molar-refractivity contribution in [2.45, 2.75) is 20.0 Å². The molecule has 100 valence electrons. The van der Waals surface area contributed by atoms with Crippen molar-refractivity contribution >= 4 is 17.7 Å². The molecule has 0 aromatic carbocycles. The van der Waals surface area contributed by atoms with Crippen molar-refractivity contribution in [3.8, 4) is 0 Å². The van der Waals surface area contributed by atoms with Gasteiger partial charge in [0.2, 0.25) is 0 Å². The van der Waals surface area contributed by atoms with Gasteiger partial charge in [-0.2, -0.15) is 11.8 Å². The van der Waals surface area contributed by atoms with Gasteiger partial charge in [-0.3, -0.25) is 9.69 Å². The van der Waals surface area contributed by atoms with Gasteiger partial charge >= 0.3 is 5.97 Å². The lowest BCUT2D eigenvalue weighted by molar-refractivity contribution is -0.144. The Morgan fingerprint density at radius 2 is 2.22 bits per heavy atom. The second kappa shape index (κ2) is 6.69. The van der Waals surface area contributed by atoms with Gasteiger partial charge in [0.15, 0.2) is 5.82 Å². The van der Waals surface area contributed by atoms with Crippen molar-refractivity contribution in [2.24, 2.45) is 0 Å². The van der Waals surface area contributed by atoms with E-state index in [1.807, 2.05) is 11.8 Å². The molecule has 0 radical (unpaired) electrons. The predicted octanol–water partition coefficient (Wildman–Crippen LogP) is -0.215. The average Bonchev–Trinajstić information content (AvgIpc) is 2.78. The minimum absolute atomic E-state index is 0.0821. The summed E-state index contributed by atoms with van der Waals surface area (Å²) in [6.07, 6.45) is 0. The molecule has 0 unspecified atom stereocenters. The maximum atomic E-state index is 11.4. The summed E-state index contributed by atoms with van der Waals surface area (Å²) < 4.78 is 6.40. The second-order valence-corrected chi connectivity index (χ2v) is 5.17. The Balaban J connectivity index is 1.92. The van der Waals surface area contributed by atoms with Crippen LogP contribution in [0.2, 0.25) is 0 Å². The number of esters is 1. The fraction of sp³-hybridized carbons (Fsp3) is 0.800. The van der Waals surface area contributed by atoms with E-state index in [1.54, 1.807) is 6.92 Å². The molecule has 1 aliphatic heterocycles. The summed E-state index contributed by atoms with van der Waals surface area (Å²) in [4.78, 5) is 13.7. The van der Waals surface area contributed by atoms with Gasteiger partial charge in [0, 0.05) is 24.6 Å². The Bertz CT molecular complexity index is 391. The van der Waals surface area contributed by atoms with Gasteiger partial charge in [-0.1, -0.05) is 0 Å². The van der Waals surface area contributed by atoms with Crippen molar-refractivity contribution in [3.63, 3.8) is 0 Å². The zero-order chi connectivity index (χ0) is 12.8. The minimum Gasteiger partial charge on any atom is -0.465 e. The van der Waals surface area contributed by atoms with Gasteiger partial charge in [0.25, 0.3) is 0 Å². The Hall–Kier alpha value is -1.15. The third-order valence-electron chi connectivity index (χ3n) is 2.66. The van der Waals surface area contributed by atoms with Crippen LogP contribution in [-0.4, -0.2) is 62.3 Å². The number of hydrogen-bond donors (Lipinski definition) is 0. The highest BCUT2D eigenvalue weighted by Gasteiger charge is 2.16. The fourth-order valence-corrected chi connectivity index (χ4v) is 2.73. The molecule has 1 aromatic rings. The number of nitrogens with zero attached hydrogens (tertiary/aromatic N) is 5. The van der Waals surface area contributed by atoms with Gasteiger partial charge in [0.05, 0.1) is 13.2 Å². The lowest BCUT2D eigenvalue weighted by Gasteiger charge is -2.25. The lowest BCUT2D eigenvalue weighted by Crippen LogP contribution is -2.33. The summed E-state index contributed by atoms with van der Waals surface area (Å²) >= 11 is 1.96. The first-order valence-corrected chi connectivity index (χ1v) is 7.16. The number of thioether (sulfide) groups is 1. The number of ether oxygens (including phenoxy) is 1.